The number of carbonyl (C=O) groups excluding carboxylic acids is 3. The van der Waals surface area contributed by atoms with Gasteiger partial charge >= 0.3 is 5.97 Å². The van der Waals surface area contributed by atoms with Gasteiger partial charge in [-0.2, -0.15) is 0 Å². The van der Waals surface area contributed by atoms with E-state index < -0.39 is 34.6 Å². The highest BCUT2D eigenvalue weighted by Gasteiger charge is 2.75. The van der Waals surface area contributed by atoms with Gasteiger partial charge in [0.15, 0.2) is 0 Å². The summed E-state index contributed by atoms with van der Waals surface area (Å²) in [7, 11) is 0. The molecule has 7 nitrogen and oxygen atoms in total. The number of aryl methyl sites for hydroxylation is 1. The molecule has 1 aromatic carbocycles. The fourth-order valence-electron chi connectivity index (χ4n) is 6.68. The zero-order valence-electron chi connectivity index (χ0n) is 23.0. The van der Waals surface area contributed by atoms with Crippen molar-refractivity contribution in [2.75, 3.05) is 24.7 Å². The average molecular weight is 575 g/mol. The molecule has 3 heterocycles. The summed E-state index contributed by atoms with van der Waals surface area (Å²) in [5.41, 5.74) is 1.41. The minimum Gasteiger partial charge on any atom is -0.465 e. The van der Waals surface area contributed by atoms with Crippen LogP contribution in [0.4, 0.5) is 5.69 Å². The zero-order chi connectivity index (χ0) is 28.5. The van der Waals surface area contributed by atoms with Gasteiger partial charge in [-0.3, -0.25) is 14.4 Å². The van der Waals surface area contributed by atoms with Crippen LogP contribution in [0.15, 0.2) is 43.5 Å². The number of anilines is 1. The van der Waals surface area contributed by atoms with E-state index in [1.54, 1.807) is 39.8 Å². The molecule has 39 heavy (non-hydrogen) atoms. The number of halogens is 1. The molecule has 2 unspecified atom stereocenters. The number of nitrogens with zero attached hydrogens (tertiary/aromatic N) is 2. The van der Waals surface area contributed by atoms with Crippen molar-refractivity contribution >= 4 is 46.8 Å². The lowest BCUT2D eigenvalue weighted by Gasteiger charge is -2.41. The minimum atomic E-state index is -0.863. The number of likely N-dealkylation sites (tertiary alicyclic amines) is 1. The Labute approximate surface area is 240 Å². The number of amides is 2. The normalized spacial score (nSPS) is 28.6. The molecule has 0 aliphatic carbocycles. The quantitative estimate of drug-likeness (QED) is 0.219. The Balaban J connectivity index is 1.83. The second-order valence-electron chi connectivity index (χ2n) is 10.8. The maximum absolute atomic E-state index is 14.7. The summed E-state index contributed by atoms with van der Waals surface area (Å²) in [5, 5.41) is 10.9. The van der Waals surface area contributed by atoms with Crippen LogP contribution in [0.5, 0.6) is 0 Å². The van der Waals surface area contributed by atoms with Crippen LogP contribution in [-0.2, 0) is 19.1 Å². The molecule has 0 aromatic heterocycles. The van der Waals surface area contributed by atoms with Crippen molar-refractivity contribution in [3.8, 4) is 0 Å². The van der Waals surface area contributed by atoms with Crippen molar-refractivity contribution in [1.82, 2.24) is 4.90 Å². The Bertz CT molecular complexity index is 1120. The van der Waals surface area contributed by atoms with Crippen LogP contribution in [0.1, 0.15) is 45.1 Å². The topological polar surface area (TPSA) is 87.2 Å². The monoisotopic (exact) mass is 574 g/mol. The van der Waals surface area contributed by atoms with E-state index in [0.717, 1.165) is 12.0 Å². The molecule has 9 heteroatoms. The highest BCUT2D eigenvalue weighted by atomic mass is 35.5. The smallest absolute Gasteiger partial charge is 0.310 e. The van der Waals surface area contributed by atoms with Crippen LogP contribution in [0.3, 0.4) is 0 Å². The molecule has 212 valence electrons. The summed E-state index contributed by atoms with van der Waals surface area (Å²) in [4.78, 5) is 45.7. The molecule has 1 aromatic rings. The van der Waals surface area contributed by atoms with E-state index in [9.17, 15) is 19.5 Å². The lowest BCUT2D eigenvalue weighted by atomic mass is 9.71. The SMILES string of the molecule is C=CCCOC(=O)[C@@H]1[C@@H]2CCC3(S2)C(C(=O)N(CC=C)c2c(C)cccc2Cl)N([C@@H](CO)[C@@H](C)CC)C(=O)[C@H]13. The van der Waals surface area contributed by atoms with Crippen molar-refractivity contribution in [1.29, 1.82) is 0 Å². The molecule has 1 N–H and O–H groups in total. The molecule has 7 atom stereocenters. The first-order chi connectivity index (χ1) is 18.7. The Kier molecular flexibility index (Phi) is 9.19. The van der Waals surface area contributed by atoms with Gasteiger partial charge in [0, 0.05) is 11.8 Å². The molecule has 3 saturated heterocycles. The molecule has 3 aliphatic heterocycles. The fraction of sp³-hybridized carbons (Fsp3) is 0.567. The predicted octanol–water partition coefficient (Wildman–Crippen LogP) is 4.78. The van der Waals surface area contributed by atoms with Crippen molar-refractivity contribution in [3.63, 3.8) is 0 Å². The van der Waals surface area contributed by atoms with Crippen LogP contribution in [0.25, 0.3) is 0 Å². The van der Waals surface area contributed by atoms with Crippen LogP contribution in [0, 0.1) is 24.7 Å². The van der Waals surface area contributed by atoms with E-state index in [1.165, 1.54) is 0 Å². The van der Waals surface area contributed by atoms with Gasteiger partial charge in [-0.25, -0.2) is 0 Å². The van der Waals surface area contributed by atoms with Gasteiger partial charge in [0.25, 0.3) is 5.91 Å². The summed E-state index contributed by atoms with van der Waals surface area (Å²) >= 11 is 8.21. The molecule has 1 spiro atoms. The first kappa shape index (κ1) is 29.7. The maximum atomic E-state index is 14.7. The number of thioether (sulfide) groups is 1. The van der Waals surface area contributed by atoms with Crippen LogP contribution in [0.2, 0.25) is 5.02 Å². The third kappa shape index (κ3) is 4.93. The lowest BCUT2D eigenvalue weighted by Crippen LogP contribution is -2.59. The third-order valence-corrected chi connectivity index (χ3v) is 10.9. The van der Waals surface area contributed by atoms with E-state index in [-0.39, 0.29) is 42.7 Å². The zero-order valence-corrected chi connectivity index (χ0v) is 24.5. The van der Waals surface area contributed by atoms with Crippen LogP contribution >= 0.6 is 23.4 Å². The second-order valence-corrected chi connectivity index (χ2v) is 12.8. The summed E-state index contributed by atoms with van der Waals surface area (Å²) in [5.74, 6) is -2.29. The van der Waals surface area contributed by atoms with Crippen molar-refractivity contribution < 1.29 is 24.2 Å². The standard InChI is InChI=1S/C30H39ClN2O5S/c1-6-9-16-38-29(37)23-22-13-14-30(39-22)24(23)27(35)33(21(17-34)18(4)8-3)26(30)28(36)32(15-7-2)25-19(5)11-10-12-20(25)31/h6-7,10-12,18,21-24,26,34H,1-2,8-9,13-17H2,3-5H3/t18-,21-,22-,23+,24-,26?,30?/m0/s1. The number of carbonyl (C=O) groups is 3. The third-order valence-electron chi connectivity index (χ3n) is 8.69. The van der Waals surface area contributed by atoms with E-state index in [1.807, 2.05) is 32.9 Å². The Morgan fingerprint density at radius 1 is 1.36 bits per heavy atom. The first-order valence-electron chi connectivity index (χ1n) is 13.7. The Morgan fingerprint density at radius 2 is 2.10 bits per heavy atom. The molecule has 2 amide bonds. The van der Waals surface area contributed by atoms with Gasteiger partial charge in [0.05, 0.1) is 46.5 Å². The fourth-order valence-corrected chi connectivity index (χ4v) is 9.19. The molecule has 2 bridgehead atoms. The number of hydrogen-bond donors (Lipinski definition) is 1. The molecule has 3 aliphatic rings. The molecule has 4 rings (SSSR count). The molecular formula is C30H39ClN2O5S. The van der Waals surface area contributed by atoms with Gasteiger partial charge in [-0.1, -0.05) is 56.2 Å². The summed E-state index contributed by atoms with van der Waals surface area (Å²) in [6.45, 7) is 13.6. The predicted molar refractivity (Wildman–Crippen MR) is 156 cm³/mol. The highest BCUT2D eigenvalue weighted by Crippen LogP contribution is 2.67. The van der Waals surface area contributed by atoms with Gasteiger partial charge in [0.2, 0.25) is 5.91 Å². The molecule has 0 saturated carbocycles. The lowest BCUT2D eigenvalue weighted by molar-refractivity contribution is -0.154. The van der Waals surface area contributed by atoms with Gasteiger partial charge < -0.3 is 19.6 Å². The number of ether oxygens (including phenoxy) is 1. The highest BCUT2D eigenvalue weighted by molar-refractivity contribution is 8.02. The Hall–Kier alpha value is -2.29. The number of benzene rings is 1. The van der Waals surface area contributed by atoms with Crippen LogP contribution in [-0.4, -0.2) is 69.6 Å². The largest absolute Gasteiger partial charge is 0.465 e. The Morgan fingerprint density at radius 3 is 2.72 bits per heavy atom. The first-order valence-corrected chi connectivity index (χ1v) is 15.0. The number of hydrogen-bond acceptors (Lipinski definition) is 6. The van der Waals surface area contributed by atoms with Gasteiger partial charge in [-0.15, -0.1) is 24.9 Å². The molecule has 3 fully saturated rings. The van der Waals surface area contributed by atoms with E-state index >= 15 is 0 Å². The summed E-state index contributed by atoms with van der Waals surface area (Å²) in [6, 6.07) is 4.04. The van der Waals surface area contributed by atoms with Crippen LogP contribution < -0.4 is 4.90 Å². The van der Waals surface area contributed by atoms with Crippen molar-refractivity contribution in [2.45, 2.75) is 68.5 Å². The molecule has 0 radical (unpaired) electrons. The van der Waals surface area contributed by atoms with Gasteiger partial charge in [-0.05, 0) is 43.7 Å². The van der Waals surface area contributed by atoms with E-state index in [2.05, 4.69) is 13.2 Å². The van der Waals surface area contributed by atoms with Crippen molar-refractivity contribution in [3.05, 3.63) is 54.1 Å². The number of aliphatic hydroxyl groups is 1. The van der Waals surface area contributed by atoms with Crippen molar-refractivity contribution in [2.24, 2.45) is 17.8 Å². The molecular weight excluding hydrogens is 536 g/mol. The maximum Gasteiger partial charge on any atom is 0.310 e. The number of para-hydroxylation sites is 1. The number of fused-ring (bicyclic) bond motifs is 1. The second kappa shape index (κ2) is 12.1. The number of aliphatic hydroxyl groups excluding tert-OH is 1. The number of rotatable bonds is 12. The minimum absolute atomic E-state index is 0.0560. The van der Waals surface area contributed by atoms with Gasteiger partial charge in [0.1, 0.15) is 6.04 Å². The van der Waals surface area contributed by atoms with E-state index in [4.69, 9.17) is 16.3 Å². The summed E-state index contributed by atoms with van der Waals surface area (Å²) in [6.07, 6.45) is 5.92. The summed E-state index contributed by atoms with van der Waals surface area (Å²) < 4.78 is 4.78. The average Bonchev–Trinajstić information content (AvgIpc) is 3.56. The number of esters is 1. The van der Waals surface area contributed by atoms with E-state index in [0.29, 0.717) is 30.0 Å².